The molecule has 18 heavy (non-hydrogen) atoms. The van der Waals surface area contributed by atoms with Gasteiger partial charge in [0.1, 0.15) is 0 Å². The molecular weight excluding hydrogens is 250 g/mol. The molecule has 1 aliphatic carbocycles. The summed E-state index contributed by atoms with van der Waals surface area (Å²) in [4.78, 5) is 16.9. The molecule has 0 aliphatic heterocycles. The quantitative estimate of drug-likeness (QED) is 0.792. The zero-order valence-electron chi connectivity index (χ0n) is 11.2. The molecule has 100 valence electrons. The van der Waals surface area contributed by atoms with Crippen LogP contribution >= 0.6 is 11.6 Å². The van der Waals surface area contributed by atoms with E-state index in [2.05, 4.69) is 26.8 Å². The maximum absolute atomic E-state index is 5.97. The molecule has 1 aliphatic rings. The van der Waals surface area contributed by atoms with Gasteiger partial charge >= 0.3 is 0 Å². The predicted octanol–water partition coefficient (Wildman–Crippen LogP) is 2.22. The zero-order valence-corrected chi connectivity index (χ0v) is 12.0. The molecular formula is C12H20ClN5. The largest absolute Gasteiger partial charge is 0.347 e. The van der Waals surface area contributed by atoms with Gasteiger partial charge in [0.15, 0.2) is 0 Å². The second-order valence-electron chi connectivity index (χ2n) is 4.99. The molecule has 6 heteroatoms. The number of halogens is 1. The number of hydrogen-bond donors (Lipinski definition) is 0. The first kappa shape index (κ1) is 13.3. The lowest BCUT2D eigenvalue weighted by Crippen LogP contribution is -2.29. The minimum Gasteiger partial charge on any atom is -0.347 e. The highest BCUT2D eigenvalue weighted by Crippen LogP contribution is 2.31. The highest BCUT2D eigenvalue weighted by Gasteiger charge is 2.25. The van der Waals surface area contributed by atoms with E-state index in [1.807, 2.05) is 19.0 Å². The normalized spacial score (nSPS) is 14.7. The molecule has 1 aromatic rings. The Morgan fingerprint density at radius 1 is 1.17 bits per heavy atom. The Morgan fingerprint density at radius 3 is 2.39 bits per heavy atom. The van der Waals surface area contributed by atoms with Gasteiger partial charge in [-0.05, 0) is 36.8 Å². The van der Waals surface area contributed by atoms with Crippen molar-refractivity contribution in [1.29, 1.82) is 0 Å². The van der Waals surface area contributed by atoms with E-state index < -0.39 is 0 Å². The molecule has 1 aromatic heterocycles. The summed E-state index contributed by atoms with van der Waals surface area (Å²) in [5.74, 6) is 2.12. The van der Waals surface area contributed by atoms with Gasteiger partial charge in [0.2, 0.25) is 17.2 Å². The average Bonchev–Trinajstić information content (AvgIpc) is 3.11. The summed E-state index contributed by atoms with van der Waals surface area (Å²) in [5, 5.41) is 0.264. The summed E-state index contributed by atoms with van der Waals surface area (Å²) in [5.41, 5.74) is 0. The third-order valence-corrected chi connectivity index (χ3v) is 3.11. The fraction of sp³-hybridized carbons (Fsp3) is 0.750. The van der Waals surface area contributed by atoms with E-state index in [-0.39, 0.29) is 5.28 Å². The van der Waals surface area contributed by atoms with Crippen molar-refractivity contribution in [2.75, 3.05) is 37.0 Å². The Morgan fingerprint density at radius 2 is 1.83 bits per heavy atom. The Balaban J connectivity index is 2.21. The monoisotopic (exact) mass is 269 g/mol. The molecule has 0 aromatic carbocycles. The fourth-order valence-electron chi connectivity index (χ4n) is 1.83. The molecule has 0 N–H and O–H groups in total. The van der Waals surface area contributed by atoms with Gasteiger partial charge in [0.25, 0.3) is 0 Å². The number of aromatic nitrogens is 3. The summed E-state index contributed by atoms with van der Waals surface area (Å²) in [7, 11) is 3.81. The van der Waals surface area contributed by atoms with Gasteiger partial charge in [-0.3, -0.25) is 0 Å². The minimum atomic E-state index is 0.264. The Hall–Kier alpha value is -1.10. The molecule has 1 fully saturated rings. The van der Waals surface area contributed by atoms with Crippen molar-refractivity contribution < 1.29 is 0 Å². The standard InChI is InChI=1S/C12H20ClN5/c1-4-7-18(8-9-5-6-9)12-15-10(13)14-11(16-12)17(2)3/h9H,4-8H2,1-3H3. The minimum absolute atomic E-state index is 0.264. The summed E-state index contributed by atoms with van der Waals surface area (Å²) in [6, 6.07) is 0. The first-order chi connectivity index (χ1) is 8.60. The molecule has 0 radical (unpaired) electrons. The maximum Gasteiger partial charge on any atom is 0.231 e. The van der Waals surface area contributed by atoms with Crippen LogP contribution in [0.4, 0.5) is 11.9 Å². The second kappa shape index (κ2) is 5.69. The smallest absolute Gasteiger partial charge is 0.231 e. The predicted molar refractivity (Wildman–Crippen MR) is 74.4 cm³/mol. The van der Waals surface area contributed by atoms with E-state index in [0.717, 1.165) is 25.4 Å². The lowest BCUT2D eigenvalue weighted by atomic mass is 10.3. The van der Waals surface area contributed by atoms with E-state index in [4.69, 9.17) is 11.6 Å². The highest BCUT2D eigenvalue weighted by atomic mass is 35.5. The van der Waals surface area contributed by atoms with E-state index in [0.29, 0.717) is 11.9 Å². The van der Waals surface area contributed by atoms with Crippen LogP contribution in [0.15, 0.2) is 0 Å². The van der Waals surface area contributed by atoms with Crippen molar-refractivity contribution in [3.63, 3.8) is 0 Å². The third-order valence-electron chi connectivity index (χ3n) is 2.94. The molecule has 0 spiro atoms. The van der Waals surface area contributed by atoms with Crippen LogP contribution in [-0.4, -0.2) is 42.1 Å². The molecule has 5 nitrogen and oxygen atoms in total. The van der Waals surface area contributed by atoms with Crippen LogP contribution in [0.3, 0.4) is 0 Å². The Bertz CT molecular complexity index is 405. The highest BCUT2D eigenvalue weighted by molar-refractivity contribution is 6.28. The van der Waals surface area contributed by atoms with Crippen molar-refractivity contribution in [1.82, 2.24) is 15.0 Å². The molecule has 0 unspecified atom stereocenters. The lowest BCUT2D eigenvalue weighted by molar-refractivity contribution is 0.685. The van der Waals surface area contributed by atoms with Gasteiger partial charge < -0.3 is 9.80 Å². The van der Waals surface area contributed by atoms with Crippen molar-refractivity contribution in [2.24, 2.45) is 5.92 Å². The van der Waals surface area contributed by atoms with Gasteiger partial charge in [-0.15, -0.1) is 0 Å². The van der Waals surface area contributed by atoms with Crippen LogP contribution < -0.4 is 9.80 Å². The average molecular weight is 270 g/mol. The van der Waals surface area contributed by atoms with Crippen LogP contribution in [0.25, 0.3) is 0 Å². The van der Waals surface area contributed by atoms with Gasteiger partial charge in [0, 0.05) is 27.2 Å². The number of nitrogens with zero attached hydrogens (tertiary/aromatic N) is 5. The van der Waals surface area contributed by atoms with E-state index in [1.54, 1.807) is 0 Å². The van der Waals surface area contributed by atoms with Gasteiger partial charge in [0.05, 0.1) is 0 Å². The number of hydrogen-bond acceptors (Lipinski definition) is 5. The Kier molecular flexibility index (Phi) is 4.22. The first-order valence-corrected chi connectivity index (χ1v) is 6.81. The van der Waals surface area contributed by atoms with E-state index in [1.165, 1.54) is 12.8 Å². The summed E-state index contributed by atoms with van der Waals surface area (Å²) in [6.45, 7) is 4.15. The van der Waals surface area contributed by atoms with Crippen LogP contribution in [0.5, 0.6) is 0 Å². The van der Waals surface area contributed by atoms with Crippen molar-refractivity contribution in [3.05, 3.63) is 5.28 Å². The van der Waals surface area contributed by atoms with Gasteiger partial charge in [-0.1, -0.05) is 6.92 Å². The summed E-state index contributed by atoms with van der Waals surface area (Å²) >= 11 is 5.97. The van der Waals surface area contributed by atoms with Gasteiger partial charge in [-0.25, -0.2) is 0 Å². The summed E-state index contributed by atoms with van der Waals surface area (Å²) in [6.07, 6.45) is 3.71. The maximum atomic E-state index is 5.97. The Labute approximate surface area is 113 Å². The molecule has 0 atom stereocenters. The number of anilines is 2. The molecule has 1 saturated carbocycles. The van der Waals surface area contributed by atoms with E-state index in [9.17, 15) is 0 Å². The lowest BCUT2D eigenvalue weighted by Gasteiger charge is -2.23. The molecule has 0 bridgehead atoms. The van der Waals surface area contributed by atoms with Gasteiger partial charge in [-0.2, -0.15) is 15.0 Å². The molecule has 1 heterocycles. The van der Waals surface area contributed by atoms with Crippen LogP contribution in [0.2, 0.25) is 5.28 Å². The fourth-order valence-corrected chi connectivity index (χ4v) is 1.98. The van der Waals surface area contributed by atoms with Crippen molar-refractivity contribution >= 4 is 23.5 Å². The van der Waals surface area contributed by atoms with Crippen LogP contribution in [0, 0.1) is 5.92 Å². The summed E-state index contributed by atoms with van der Waals surface area (Å²) < 4.78 is 0. The first-order valence-electron chi connectivity index (χ1n) is 6.44. The van der Waals surface area contributed by atoms with E-state index >= 15 is 0 Å². The van der Waals surface area contributed by atoms with Crippen LogP contribution in [0.1, 0.15) is 26.2 Å². The molecule has 2 rings (SSSR count). The second-order valence-corrected chi connectivity index (χ2v) is 5.33. The third kappa shape index (κ3) is 3.45. The SMILES string of the molecule is CCCN(CC1CC1)c1nc(Cl)nc(N(C)C)n1. The zero-order chi connectivity index (χ0) is 13.1. The topological polar surface area (TPSA) is 45.2 Å². The van der Waals surface area contributed by atoms with Crippen LogP contribution in [-0.2, 0) is 0 Å². The molecule has 0 amide bonds. The van der Waals surface area contributed by atoms with Crippen molar-refractivity contribution in [2.45, 2.75) is 26.2 Å². The van der Waals surface area contributed by atoms with Crippen molar-refractivity contribution in [3.8, 4) is 0 Å². The number of rotatable bonds is 6. The molecule has 0 saturated heterocycles.